The van der Waals surface area contributed by atoms with Gasteiger partial charge >= 0.3 is 0 Å². The Morgan fingerprint density at radius 3 is 2.73 bits per heavy atom. The topological polar surface area (TPSA) is 12.0 Å². The maximum Gasteiger partial charge on any atom is 0.126 e. The first-order valence-corrected chi connectivity index (χ1v) is 5.55. The van der Waals surface area contributed by atoms with Crippen LogP contribution in [0.5, 0.6) is 0 Å². The lowest BCUT2D eigenvalue weighted by atomic mass is 10.1. The third-order valence-electron chi connectivity index (χ3n) is 3.22. The molecule has 1 saturated carbocycles. The molecule has 1 nitrogen and oxygen atoms in total. The smallest absolute Gasteiger partial charge is 0.126 e. The van der Waals surface area contributed by atoms with Gasteiger partial charge < -0.3 is 5.32 Å². The summed E-state index contributed by atoms with van der Waals surface area (Å²) < 4.78 is 13.2. The number of benzene rings is 1. The molecule has 0 heterocycles. The molecule has 0 amide bonds. The average Bonchev–Trinajstić information content (AvgIpc) is 2.90. The van der Waals surface area contributed by atoms with Crippen LogP contribution in [-0.2, 0) is 6.54 Å². The van der Waals surface area contributed by atoms with Gasteiger partial charge in [0.05, 0.1) is 0 Å². The van der Waals surface area contributed by atoms with Gasteiger partial charge in [-0.3, -0.25) is 0 Å². The van der Waals surface area contributed by atoms with Crippen molar-refractivity contribution in [3.63, 3.8) is 0 Å². The first-order valence-electron chi connectivity index (χ1n) is 5.55. The van der Waals surface area contributed by atoms with E-state index in [1.807, 2.05) is 12.1 Å². The molecule has 1 aliphatic rings. The van der Waals surface area contributed by atoms with Crippen molar-refractivity contribution in [2.24, 2.45) is 5.41 Å². The summed E-state index contributed by atoms with van der Waals surface area (Å²) in [6, 6.07) is 5.45. The number of nitrogens with one attached hydrogen (secondary N) is 1. The summed E-state index contributed by atoms with van der Waals surface area (Å²) in [6.45, 7) is 5.89. The molecular formula is C13H18FN. The van der Waals surface area contributed by atoms with Crippen LogP contribution in [0.2, 0.25) is 0 Å². The number of aryl methyl sites for hydroxylation is 1. The molecule has 0 aliphatic heterocycles. The van der Waals surface area contributed by atoms with E-state index < -0.39 is 0 Å². The van der Waals surface area contributed by atoms with E-state index in [1.165, 1.54) is 12.8 Å². The fourth-order valence-corrected chi connectivity index (χ4v) is 1.65. The molecule has 1 aliphatic carbocycles. The van der Waals surface area contributed by atoms with Gasteiger partial charge in [0.25, 0.3) is 0 Å². The zero-order valence-corrected chi connectivity index (χ0v) is 9.44. The van der Waals surface area contributed by atoms with Crippen molar-refractivity contribution in [3.8, 4) is 0 Å². The van der Waals surface area contributed by atoms with Gasteiger partial charge in [-0.15, -0.1) is 0 Å². The Kier molecular flexibility index (Phi) is 2.79. The second-order valence-electron chi connectivity index (χ2n) is 5.00. The van der Waals surface area contributed by atoms with Crippen LogP contribution in [-0.4, -0.2) is 6.54 Å². The molecule has 1 fully saturated rings. The van der Waals surface area contributed by atoms with Gasteiger partial charge in [-0.1, -0.05) is 19.1 Å². The number of halogens is 1. The minimum absolute atomic E-state index is 0.105. The Hall–Kier alpha value is -0.890. The average molecular weight is 207 g/mol. The van der Waals surface area contributed by atoms with Crippen molar-refractivity contribution >= 4 is 0 Å². The normalized spacial score (nSPS) is 17.8. The summed E-state index contributed by atoms with van der Waals surface area (Å²) in [5.74, 6) is -0.105. The maximum atomic E-state index is 13.2. The first kappa shape index (κ1) is 10.6. The summed E-state index contributed by atoms with van der Waals surface area (Å²) in [6.07, 6.45) is 2.64. The molecule has 0 atom stereocenters. The van der Waals surface area contributed by atoms with Crippen molar-refractivity contribution in [1.82, 2.24) is 5.32 Å². The highest BCUT2D eigenvalue weighted by Gasteiger charge is 2.36. The monoisotopic (exact) mass is 207 g/mol. The molecule has 0 saturated heterocycles. The highest BCUT2D eigenvalue weighted by molar-refractivity contribution is 5.23. The van der Waals surface area contributed by atoms with Crippen LogP contribution in [0.25, 0.3) is 0 Å². The minimum Gasteiger partial charge on any atom is -0.312 e. The van der Waals surface area contributed by atoms with Crippen LogP contribution in [0.4, 0.5) is 4.39 Å². The number of hydrogen-bond donors (Lipinski definition) is 1. The van der Waals surface area contributed by atoms with E-state index in [1.54, 1.807) is 13.0 Å². The van der Waals surface area contributed by atoms with Gasteiger partial charge in [0.15, 0.2) is 0 Å². The molecule has 15 heavy (non-hydrogen) atoms. The van der Waals surface area contributed by atoms with Gasteiger partial charge in [0.2, 0.25) is 0 Å². The lowest BCUT2D eigenvalue weighted by Gasteiger charge is -2.10. The van der Waals surface area contributed by atoms with Crippen molar-refractivity contribution in [2.75, 3.05) is 6.54 Å². The van der Waals surface area contributed by atoms with E-state index in [2.05, 4.69) is 12.2 Å². The third kappa shape index (κ3) is 2.78. The van der Waals surface area contributed by atoms with Crippen molar-refractivity contribution < 1.29 is 4.39 Å². The predicted molar refractivity (Wildman–Crippen MR) is 60.2 cm³/mol. The van der Waals surface area contributed by atoms with E-state index in [9.17, 15) is 4.39 Å². The fraction of sp³-hybridized carbons (Fsp3) is 0.538. The summed E-state index contributed by atoms with van der Waals surface area (Å²) in [7, 11) is 0. The molecule has 0 unspecified atom stereocenters. The molecule has 0 aromatic heterocycles. The fourth-order valence-electron chi connectivity index (χ4n) is 1.65. The highest BCUT2D eigenvalue weighted by atomic mass is 19.1. The Balaban J connectivity index is 1.85. The zero-order valence-electron chi connectivity index (χ0n) is 9.44. The molecule has 0 spiro atoms. The van der Waals surface area contributed by atoms with Crippen molar-refractivity contribution in [1.29, 1.82) is 0 Å². The van der Waals surface area contributed by atoms with Crippen molar-refractivity contribution in [3.05, 3.63) is 35.1 Å². The van der Waals surface area contributed by atoms with Crippen LogP contribution in [0.1, 0.15) is 30.9 Å². The quantitative estimate of drug-likeness (QED) is 0.800. The molecule has 1 aromatic carbocycles. The SMILES string of the molecule is Cc1ccc(CNCC2(C)CC2)cc1F. The number of hydrogen-bond acceptors (Lipinski definition) is 1. The van der Waals surface area contributed by atoms with Crippen LogP contribution >= 0.6 is 0 Å². The zero-order chi connectivity index (χ0) is 10.9. The van der Waals surface area contributed by atoms with Crippen LogP contribution in [0.15, 0.2) is 18.2 Å². The standard InChI is InChI=1S/C13H18FN/c1-10-3-4-11(7-12(10)14)8-15-9-13(2)5-6-13/h3-4,7,15H,5-6,8-9H2,1-2H3. The maximum absolute atomic E-state index is 13.2. The number of rotatable bonds is 4. The van der Waals surface area contributed by atoms with Crippen LogP contribution < -0.4 is 5.32 Å². The van der Waals surface area contributed by atoms with E-state index >= 15 is 0 Å². The molecule has 2 rings (SSSR count). The van der Waals surface area contributed by atoms with E-state index in [-0.39, 0.29) is 5.82 Å². The first-order chi connectivity index (χ1) is 7.09. The lowest BCUT2D eigenvalue weighted by Crippen LogP contribution is -2.21. The van der Waals surface area contributed by atoms with Gasteiger partial charge in [-0.25, -0.2) is 4.39 Å². The van der Waals surface area contributed by atoms with Crippen LogP contribution in [0.3, 0.4) is 0 Å². The van der Waals surface area contributed by atoms with Crippen LogP contribution in [0, 0.1) is 18.2 Å². The molecule has 1 aromatic rings. The largest absolute Gasteiger partial charge is 0.312 e. The summed E-state index contributed by atoms with van der Waals surface area (Å²) >= 11 is 0. The third-order valence-corrected chi connectivity index (χ3v) is 3.22. The summed E-state index contributed by atoms with van der Waals surface area (Å²) in [5, 5.41) is 3.38. The Labute approximate surface area is 90.7 Å². The molecule has 82 valence electrons. The lowest BCUT2D eigenvalue weighted by molar-refractivity contribution is 0.498. The van der Waals surface area contributed by atoms with Gasteiger partial charge in [0, 0.05) is 13.1 Å². The predicted octanol–water partition coefficient (Wildman–Crippen LogP) is 3.02. The molecular weight excluding hydrogens is 189 g/mol. The minimum atomic E-state index is -0.105. The van der Waals surface area contributed by atoms with E-state index in [0.29, 0.717) is 11.0 Å². The van der Waals surface area contributed by atoms with Crippen molar-refractivity contribution in [2.45, 2.75) is 33.2 Å². The Bertz CT molecular complexity index is 356. The van der Waals surface area contributed by atoms with E-state index in [0.717, 1.165) is 18.7 Å². The van der Waals surface area contributed by atoms with E-state index in [4.69, 9.17) is 0 Å². The Morgan fingerprint density at radius 1 is 1.40 bits per heavy atom. The summed E-state index contributed by atoms with van der Waals surface area (Å²) in [4.78, 5) is 0. The summed E-state index contributed by atoms with van der Waals surface area (Å²) in [5.41, 5.74) is 2.26. The second kappa shape index (κ2) is 3.93. The molecule has 2 heteroatoms. The Morgan fingerprint density at radius 2 is 2.13 bits per heavy atom. The van der Waals surface area contributed by atoms with Gasteiger partial charge in [-0.2, -0.15) is 0 Å². The highest BCUT2D eigenvalue weighted by Crippen LogP contribution is 2.44. The molecule has 1 N–H and O–H groups in total. The molecule has 0 bridgehead atoms. The van der Waals surface area contributed by atoms with Gasteiger partial charge in [-0.05, 0) is 42.4 Å². The van der Waals surface area contributed by atoms with Gasteiger partial charge in [0.1, 0.15) is 5.82 Å². The second-order valence-corrected chi connectivity index (χ2v) is 5.00. The molecule has 0 radical (unpaired) electrons.